The standard InChI is InChI=1S/C21H26ClN3O2/c1-3-4-5-14-23-20(26)15(2)24-18-10-12-19(13-11-18)25-21(27)16-6-8-17(22)9-7-16/h6-13,15,24H,3-5,14H2,1-2H3,(H,23,26)(H,25,27). The Labute approximate surface area is 165 Å². The summed E-state index contributed by atoms with van der Waals surface area (Å²) in [6.07, 6.45) is 3.24. The molecule has 0 saturated carbocycles. The summed E-state index contributed by atoms with van der Waals surface area (Å²) >= 11 is 5.83. The lowest BCUT2D eigenvalue weighted by atomic mass is 10.2. The van der Waals surface area contributed by atoms with E-state index in [2.05, 4.69) is 22.9 Å². The highest BCUT2D eigenvalue weighted by molar-refractivity contribution is 6.30. The highest BCUT2D eigenvalue weighted by atomic mass is 35.5. The lowest BCUT2D eigenvalue weighted by molar-refractivity contribution is -0.121. The fourth-order valence-electron chi connectivity index (χ4n) is 2.51. The Morgan fingerprint density at radius 3 is 2.22 bits per heavy atom. The lowest BCUT2D eigenvalue weighted by Crippen LogP contribution is -2.38. The van der Waals surface area contributed by atoms with Crippen LogP contribution in [0.3, 0.4) is 0 Å². The smallest absolute Gasteiger partial charge is 0.255 e. The maximum Gasteiger partial charge on any atom is 0.255 e. The van der Waals surface area contributed by atoms with E-state index in [1.807, 2.05) is 19.1 Å². The van der Waals surface area contributed by atoms with Crippen LogP contribution >= 0.6 is 11.6 Å². The largest absolute Gasteiger partial charge is 0.374 e. The summed E-state index contributed by atoms with van der Waals surface area (Å²) in [7, 11) is 0. The summed E-state index contributed by atoms with van der Waals surface area (Å²) in [5, 5.41) is 9.51. The molecule has 27 heavy (non-hydrogen) atoms. The van der Waals surface area contributed by atoms with Crippen molar-refractivity contribution >= 4 is 34.8 Å². The number of hydrogen-bond acceptors (Lipinski definition) is 3. The number of benzene rings is 2. The van der Waals surface area contributed by atoms with Crippen LogP contribution in [0.1, 0.15) is 43.5 Å². The Balaban J connectivity index is 1.84. The van der Waals surface area contributed by atoms with Crippen molar-refractivity contribution in [2.75, 3.05) is 17.2 Å². The minimum atomic E-state index is -0.332. The molecule has 0 saturated heterocycles. The quantitative estimate of drug-likeness (QED) is 0.546. The zero-order chi connectivity index (χ0) is 19.6. The molecule has 0 spiro atoms. The second kappa shape index (κ2) is 10.6. The zero-order valence-corrected chi connectivity index (χ0v) is 16.5. The average Bonchev–Trinajstić information content (AvgIpc) is 2.67. The van der Waals surface area contributed by atoms with Crippen LogP contribution in [0.25, 0.3) is 0 Å². The molecule has 0 bridgehead atoms. The third kappa shape index (κ3) is 6.94. The van der Waals surface area contributed by atoms with Crippen LogP contribution in [0, 0.1) is 0 Å². The van der Waals surface area contributed by atoms with Crippen molar-refractivity contribution in [3.63, 3.8) is 0 Å². The van der Waals surface area contributed by atoms with Crippen molar-refractivity contribution < 1.29 is 9.59 Å². The Kier molecular flexibility index (Phi) is 8.14. The summed E-state index contributed by atoms with van der Waals surface area (Å²) in [5.74, 6) is -0.224. The van der Waals surface area contributed by atoms with Crippen LogP contribution in [0.4, 0.5) is 11.4 Å². The normalized spacial score (nSPS) is 11.5. The Bertz CT molecular complexity index is 745. The number of carbonyl (C=O) groups is 2. The average molecular weight is 388 g/mol. The lowest BCUT2D eigenvalue weighted by Gasteiger charge is -2.15. The number of hydrogen-bond donors (Lipinski definition) is 3. The molecule has 1 atom stereocenters. The third-order valence-electron chi connectivity index (χ3n) is 4.11. The maximum atomic E-state index is 12.2. The number of nitrogens with one attached hydrogen (secondary N) is 3. The number of rotatable bonds is 9. The van der Waals surface area contributed by atoms with Crippen LogP contribution in [0.2, 0.25) is 5.02 Å². The van der Waals surface area contributed by atoms with E-state index in [0.29, 0.717) is 22.8 Å². The fourth-order valence-corrected chi connectivity index (χ4v) is 2.64. The van der Waals surface area contributed by atoms with Gasteiger partial charge in [0, 0.05) is 28.5 Å². The van der Waals surface area contributed by atoms with Gasteiger partial charge in [0.1, 0.15) is 6.04 Å². The molecule has 6 heteroatoms. The summed E-state index contributed by atoms with van der Waals surface area (Å²) in [6.45, 7) is 4.66. The number of carbonyl (C=O) groups excluding carboxylic acids is 2. The first-order valence-corrected chi connectivity index (χ1v) is 9.58. The van der Waals surface area contributed by atoms with Crippen LogP contribution in [0.15, 0.2) is 48.5 Å². The van der Waals surface area contributed by atoms with Crippen molar-refractivity contribution in [1.82, 2.24) is 5.32 Å². The van der Waals surface area contributed by atoms with Gasteiger partial charge in [-0.3, -0.25) is 9.59 Å². The molecule has 144 valence electrons. The molecule has 3 N–H and O–H groups in total. The Morgan fingerprint density at radius 2 is 1.59 bits per heavy atom. The van der Waals surface area contributed by atoms with Gasteiger partial charge < -0.3 is 16.0 Å². The fraction of sp³-hybridized carbons (Fsp3) is 0.333. The van der Waals surface area contributed by atoms with E-state index in [1.54, 1.807) is 36.4 Å². The predicted molar refractivity (Wildman–Crippen MR) is 111 cm³/mol. The molecule has 2 amide bonds. The second-order valence-corrected chi connectivity index (χ2v) is 6.84. The maximum absolute atomic E-state index is 12.2. The molecule has 5 nitrogen and oxygen atoms in total. The highest BCUT2D eigenvalue weighted by Crippen LogP contribution is 2.16. The van der Waals surface area contributed by atoms with Crippen LogP contribution in [0.5, 0.6) is 0 Å². The van der Waals surface area contributed by atoms with E-state index >= 15 is 0 Å². The third-order valence-corrected chi connectivity index (χ3v) is 4.36. The van der Waals surface area contributed by atoms with Gasteiger partial charge >= 0.3 is 0 Å². The van der Waals surface area contributed by atoms with Gasteiger partial charge in [0.2, 0.25) is 5.91 Å². The molecule has 0 heterocycles. The van der Waals surface area contributed by atoms with Gasteiger partial charge in [-0.2, -0.15) is 0 Å². The van der Waals surface area contributed by atoms with Crippen molar-refractivity contribution in [2.45, 2.75) is 39.2 Å². The van der Waals surface area contributed by atoms with E-state index in [0.717, 1.165) is 24.9 Å². The summed E-state index contributed by atoms with van der Waals surface area (Å²) in [6, 6.07) is 13.6. The topological polar surface area (TPSA) is 70.2 Å². The second-order valence-electron chi connectivity index (χ2n) is 6.40. The molecular formula is C21H26ClN3O2. The summed E-state index contributed by atoms with van der Waals surface area (Å²) in [5.41, 5.74) is 2.03. The van der Waals surface area contributed by atoms with E-state index in [4.69, 9.17) is 11.6 Å². The number of anilines is 2. The molecule has 0 aromatic heterocycles. The van der Waals surface area contributed by atoms with Crippen molar-refractivity contribution in [1.29, 1.82) is 0 Å². The number of amides is 2. The zero-order valence-electron chi connectivity index (χ0n) is 15.7. The highest BCUT2D eigenvalue weighted by Gasteiger charge is 2.12. The van der Waals surface area contributed by atoms with Crippen LogP contribution in [-0.4, -0.2) is 24.4 Å². The monoisotopic (exact) mass is 387 g/mol. The number of halogens is 1. The molecule has 2 aromatic rings. The first-order chi connectivity index (χ1) is 13.0. The van der Waals surface area contributed by atoms with Crippen LogP contribution in [-0.2, 0) is 4.79 Å². The summed E-state index contributed by atoms with van der Waals surface area (Å²) in [4.78, 5) is 24.3. The molecule has 0 aliphatic rings. The Hall–Kier alpha value is -2.53. The van der Waals surface area contributed by atoms with Gasteiger partial charge in [0.15, 0.2) is 0 Å². The van der Waals surface area contributed by atoms with Gasteiger partial charge in [-0.15, -0.1) is 0 Å². The first-order valence-electron chi connectivity index (χ1n) is 9.21. The molecular weight excluding hydrogens is 362 g/mol. The molecule has 2 rings (SSSR count). The van der Waals surface area contributed by atoms with Gasteiger partial charge in [0.05, 0.1) is 0 Å². The van der Waals surface area contributed by atoms with Gasteiger partial charge in [-0.05, 0) is 61.9 Å². The van der Waals surface area contributed by atoms with E-state index in [-0.39, 0.29) is 17.9 Å². The van der Waals surface area contributed by atoms with Crippen LogP contribution < -0.4 is 16.0 Å². The molecule has 0 aliphatic heterocycles. The van der Waals surface area contributed by atoms with Crippen molar-refractivity contribution in [2.24, 2.45) is 0 Å². The van der Waals surface area contributed by atoms with Gasteiger partial charge in [-0.1, -0.05) is 31.4 Å². The molecule has 2 aromatic carbocycles. The molecule has 1 unspecified atom stereocenters. The van der Waals surface area contributed by atoms with Gasteiger partial charge in [0.25, 0.3) is 5.91 Å². The van der Waals surface area contributed by atoms with Gasteiger partial charge in [-0.25, -0.2) is 0 Å². The van der Waals surface area contributed by atoms with E-state index < -0.39 is 0 Å². The molecule has 0 aliphatic carbocycles. The first kappa shape index (κ1) is 20.8. The van der Waals surface area contributed by atoms with Crippen molar-refractivity contribution in [3.8, 4) is 0 Å². The number of unbranched alkanes of at least 4 members (excludes halogenated alkanes) is 2. The summed E-state index contributed by atoms with van der Waals surface area (Å²) < 4.78 is 0. The molecule has 0 fully saturated rings. The Morgan fingerprint density at radius 1 is 0.963 bits per heavy atom. The minimum Gasteiger partial charge on any atom is -0.374 e. The van der Waals surface area contributed by atoms with E-state index in [1.165, 1.54) is 0 Å². The van der Waals surface area contributed by atoms with Crippen molar-refractivity contribution in [3.05, 3.63) is 59.1 Å². The minimum absolute atomic E-state index is 0.0220. The predicted octanol–water partition coefficient (Wildman–Crippen LogP) is 4.70. The van der Waals surface area contributed by atoms with E-state index in [9.17, 15) is 9.59 Å². The SMILES string of the molecule is CCCCCNC(=O)C(C)Nc1ccc(NC(=O)c2ccc(Cl)cc2)cc1. The molecule has 0 radical (unpaired) electrons.